The molecule has 0 saturated heterocycles. The van der Waals surface area contributed by atoms with Gasteiger partial charge in [-0.25, -0.2) is 0 Å². The highest BCUT2D eigenvalue weighted by atomic mass is 32.2. The number of benzene rings is 1. The lowest BCUT2D eigenvalue weighted by atomic mass is 10.0. The van der Waals surface area contributed by atoms with Crippen LogP contribution in [0, 0.1) is 0 Å². The number of rotatable bonds is 3. The zero-order valence-electron chi connectivity index (χ0n) is 10.2. The summed E-state index contributed by atoms with van der Waals surface area (Å²) in [4.78, 5) is 5.57. The van der Waals surface area contributed by atoms with E-state index in [1.807, 2.05) is 30.2 Å². The third-order valence-corrected chi connectivity index (χ3v) is 4.36. The number of nitrogens with zero attached hydrogens (tertiary/aromatic N) is 1. The van der Waals surface area contributed by atoms with Gasteiger partial charge in [0.1, 0.15) is 0 Å². The predicted octanol–water partition coefficient (Wildman–Crippen LogP) is 3.41. The van der Waals surface area contributed by atoms with Crippen molar-refractivity contribution in [3.05, 3.63) is 59.9 Å². The molecule has 0 spiro atoms. The summed E-state index contributed by atoms with van der Waals surface area (Å²) < 4.78 is 0. The van der Waals surface area contributed by atoms with Crippen LogP contribution in [0.1, 0.15) is 23.6 Å². The molecule has 1 aliphatic rings. The van der Waals surface area contributed by atoms with E-state index in [9.17, 15) is 0 Å². The van der Waals surface area contributed by atoms with Gasteiger partial charge in [0.15, 0.2) is 0 Å². The van der Waals surface area contributed by atoms with Gasteiger partial charge in [-0.15, -0.1) is 11.8 Å². The second kappa shape index (κ2) is 5.55. The Balaban J connectivity index is 1.71. The predicted molar refractivity (Wildman–Crippen MR) is 75.6 cm³/mol. The van der Waals surface area contributed by atoms with Crippen molar-refractivity contribution < 1.29 is 0 Å². The summed E-state index contributed by atoms with van der Waals surface area (Å²) in [5, 5.41) is 3.64. The second-order valence-electron chi connectivity index (χ2n) is 4.47. The molecule has 92 valence electrons. The fourth-order valence-corrected chi connectivity index (χ4v) is 3.42. The minimum absolute atomic E-state index is 0.475. The number of hydrogen-bond acceptors (Lipinski definition) is 3. The molecule has 18 heavy (non-hydrogen) atoms. The van der Waals surface area contributed by atoms with Gasteiger partial charge in [0.25, 0.3) is 0 Å². The van der Waals surface area contributed by atoms with Crippen molar-refractivity contribution >= 4 is 11.8 Å². The third kappa shape index (κ3) is 2.57. The highest BCUT2D eigenvalue weighted by Gasteiger charge is 2.19. The summed E-state index contributed by atoms with van der Waals surface area (Å²) in [5.41, 5.74) is 2.69. The van der Waals surface area contributed by atoms with Gasteiger partial charge >= 0.3 is 0 Å². The molecule has 2 aromatic rings. The van der Waals surface area contributed by atoms with Crippen molar-refractivity contribution in [2.75, 3.05) is 5.75 Å². The number of nitrogens with one attached hydrogen (secondary N) is 1. The lowest BCUT2D eigenvalue weighted by molar-refractivity contribution is 0.509. The van der Waals surface area contributed by atoms with Crippen LogP contribution in [0.5, 0.6) is 0 Å². The average Bonchev–Trinajstić information content (AvgIpc) is 2.46. The monoisotopic (exact) mass is 256 g/mol. The Morgan fingerprint density at radius 3 is 3.06 bits per heavy atom. The molecule has 0 fully saturated rings. The standard InChI is InChI=1S/C15H16N2S/c1-2-6-15-13(5-1)14(7-9-18-15)17-11-12-4-3-8-16-10-12/h1-6,8,10,14,17H,7,9,11H2. The van der Waals surface area contributed by atoms with Gasteiger partial charge in [-0.3, -0.25) is 4.98 Å². The molecular weight excluding hydrogens is 240 g/mol. The Morgan fingerprint density at radius 1 is 1.22 bits per heavy atom. The number of thioether (sulfide) groups is 1. The summed E-state index contributed by atoms with van der Waals surface area (Å²) in [5.74, 6) is 1.20. The largest absolute Gasteiger partial charge is 0.306 e. The number of fused-ring (bicyclic) bond motifs is 1. The maximum Gasteiger partial charge on any atom is 0.0342 e. The van der Waals surface area contributed by atoms with Crippen molar-refractivity contribution in [1.29, 1.82) is 0 Å². The first kappa shape index (κ1) is 11.8. The molecule has 1 atom stereocenters. The van der Waals surface area contributed by atoms with E-state index < -0.39 is 0 Å². The summed E-state index contributed by atoms with van der Waals surface area (Å²) in [7, 11) is 0. The van der Waals surface area contributed by atoms with Gasteiger partial charge < -0.3 is 5.32 Å². The maximum absolute atomic E-state index is 4.15. The lowest BCUT2D eigenvalue weighted by Crippen LogP contribution is -2.24. The summed E-state index contributed by atoms with van der Waals surface area (Å²) in [6.45, 7) is 0.886. The van der Waals surface area contributed by atoms with Crippen LogP contribution in [0.15, 0.2) is 53.7 Å². The minimum atomic E-state index is 0.475. The first-order valence-corrected chi connectivity index (χ1v) is 7.26. The Labute approximate surface area is 112 Å². The third-order valence-electron chi connectivity index (χ3n) is 3.23. The quantitative estimate of drug-likeness (QED) is 0.911. The van der Waals surface area contributed by atoms with Crippen LogP contribution >= 0.6 is 11.8 Å². The van der Waals surface area contributed by atoms with Crippen LogP contribution in [0.4, 0.5) is 0 Å². The molecule has 3 heteroatoms. The molecule has 2 heterocycles. The molecule has 1 aromatic heterocycles. The zero-order chi connectivity index (χ0) is 12.2. The van der Waals surface area contributed by atoms with E-state index in [0.29, 0.717) is 6.04 Å². The average molecular weight is 256 g/mol. The molecule has 2 nitrogen and oxygen atoms in total. The molecule has 1 unspecified atom stereocenters. The summed E-state index contributed by atoms with van der Waals surface area (Å²) in [6.07, 6.45) is 4.94. The number of pyridine rings is 1. The smallest absolute Gasteiger partial charge is 0.0342 e. The normalized spacial score (nSPS) is 18.3. The van der Waals surface area contributed by atoms with Gasteiger partial charge in [-0.05, 0) is 35.4 Å². The van der Waals surface area contributed by atoms with Crippen molar-refractivity contribution in [3.8, 4) is 0 Å². The molecule has 1 aliphatic heterocycles. The van der Waals surface area contributed by atoms with E-state index in [0.717, 1.165) is 6.54 Å². The first-order chi connectivity index (χ1) is 8.93. The first-order valence-electron chi connectivity index (χ1n) is 6.27. The van der Waals surface area contributed by atoms with Crippen LogP contribution in [0.2, 0.25) is 0 Å². The van der Waals surface area contributed by atoms with Crippen molar-refractivity contribution in [1.82, 2.24) is 10.3 Å². The molecule has 0 radical (unpaired) electrons. The van der Waals surface area contributed by atoms with Gasteiger partial charge in [0.2, 0.25) is 0 Å². The van der Waals surface area contributed by atoms with E-state index >= 15 is 0 Å². The Bertz CT molecular complexity index is 513. The second-order valence-corrected chi connectivity index (χ2v) is 5.61. The van der Waals surface area contributed by atoms with E-state index in [1.165, 1.54) is 28.2 Å². The van der Waals surface area contributed by atoms with Crippen LogP contribution in [0.3, 0.4) is 0 Å². The summed E-state index contributed by atoms with van der Waals surface area (Å²) in [6, 6.07) is 13.3. The molecule has 1 N–H and O–H groups in total. The van der Waals surface area contributed by atoms with Crippen LogP contribution in [0.25, 0.3) is 0 Å². The molecule has 0 amide bonds. The fraction of sp³-hybridized carbons (Fsp3) is 0.267. The molecule has 0 saturated carbocycles. The Morgan fingerprint density at radius 2 is 2.17 bits per heavy atom. The van der Waals surface area contributed by atoms with Gasteiger partial charge in [0, 0.05) is 29.9 Å². The molecule has 1 aromatic carbocycles. The highest BCUT2D eigenvalue weighted by molar-refractivity contribution is 7.99. The summed E-state index contributed by atoms with van der Waals surface area (Å²) >= 11 is 1.96. The van der Waals surface area contributed by atoms with E-state index in [-0.39, 0.29) is 0 Å². The van der Waals surface area contributed by atoms with Gasteiger partial charge in [0.05, 0.1) is 0 Å². The van der Waals surface area contributed by atoms with Crippen molar-refractivity contribution in [2.24, 2.45) is 0 Å². The van der Waals surface area contributed by atoms with Crippen LogP contribution < -0.4 is 5.32 Å². The van der Waals surface area contributed by atoms with Crippen LogP contribution in [-0.4, -0.2) is 10.7 Å². The SMILES string of the molecule is c1cncc(CNC2CCSc3ccccc32)c1. The van der Waals surface area contributed by atoms with Crippen molar-refractivity contribution in [3.63, 3.8) is 0 Å². The Hall–Kier alpha value is -1.32. The van der Waals surface area contributed by atoms with Gasteiger partial charge in [-0.2, -0.15) is 0 Å². The van der Waals surface area contributed by atoms with E-state index in [4.69, 9.17) is 0 Å². The molecular formula is C15H16N2S. The topological polar surface area (TPSA) is 24.9 Å². The molecule has 0 bridgehead atoms. The zero-order valence-corrected chi connectivity index (χ0v) is 11.0. The van der Waals surface area contributed by atoms with Gasteiger partial charge in [-0.1, -0.05) is 24.3 Å². The molecule has 0 aliphatic carbocycles. The van der Waals surface area contributed by atoms with E-state index in [1.54, 1.807) is 0 Å². The maximum atomic E-state index is 4.15. The minimum Gasteiger partial charge on any atom is -0.306 e. The number of aromatic nitrogens is 1. The Kier molecular flexibility index (Phi) is 3.62. The van der Waals surface area contributed by atoms with E-state index in [2.05, 4.69) is 40.6 Å². The van der Waals surface area contributed by atoms with Crippen LogP contribution in [-0.2, 0) is 6.54 Å². The highest BCUT2D eigenvalue weighted by Crippen LogP contribution is 2.35. The number of hydrogen-bond donors (Lipinski definition) is 1. The fourth-order valence-electron chi connectivity index (χ4n) is 2.30. The molecule has 3 rings (SSSR count). The lowest BCUT2D eigenvalue weighted by Gasteiger charge is -2.26. The van der Waals surface area contributed by atoms with Crippen molar-refractivity contribution in [2.45, 2.75) is 23.9 Å².